The maximum absolute atomic E-state index is 11.2. The molecule has 3 nitrogen and oxygen atoms in total. The predicted molar refractivity (Wildman–Crippen MR) is 73.2 cm³/mol. The van der Waals surface area contributed by atoms with E-state index in [4.69, 9.17) is 5.73 Å². The molecular formula is C15H29NO2. The van der Waals surface area contributed by atoms with Crippen molar-refractivity contribution in [2.45, 2.75) is 75.9 Å². The lowest BCUT2D eigenvalue weighted by molar-refractivity contribution is -0.117. The number of aliphatic hydroxyl groups excluding tert-OH is 1. The summed E-state index contributed by atoms with van der Waals surface area (Å²) in [5.74, 6) is 0.605. The lowest BCUT2D eigenvalue weighted by atomic mass is 9.63. The molecule has 3 heteroatoms. The molecule has 2 aliphatic carbocycles. The minimum atomic E-state index is -0.824. The van der Waals surface area contributed by atoms with Gasteiger partial charge in [-0.25, -0.2) is 0 Å². The third kappa shape index (κ3) is 2.73. The molecule has 0 aromatic heterocycles. The Labute approximate surface area is 111 Å². The van der Waals surface area contributed by atoms with Crippen molar-refractivity contribution < 1.29 is 10.2 Å². The van der Waals surface area contributed by atoms with Crippen LogP contribution < -0.4 is 5.73 Å². The van der Waals surface area contributed by atoms with Crippen LogP contribution in [-0.4, -0.2) is 28.5 Å². The lowest BCUT2D eigenvalue weighted by Crippen LogP contribution is -2.60. The minimum absolute atomic E-state index is 0.0938. The zero-order valence-electron chi connectivity index (χ0n) is 11.5. The molecule has 0 aliphatic heterocycles. The Morgan fingerprint density at radius 2 is 1.28 bits per heavy atom. The fourth-order valence-electron chi connectivity index (χ4n) is 4.22. The molecule has 0 spiro atoms. The summed E-state index contributed by atoms with van der Waals surface area (Å²) in [6, 6.07) is -0.469. The molecule has 0 saturated heterocycles. The van der Waals surface area contributed by atoms with Crippen molar-refractivity contribution in [1.29, 1.82) is 0 Å². The van der Waals surface area contributed by atoms with E-state index in [9.17, 15) is 10.2 Å². The Morgan fingerprint density at radius 3 is 1.61 bits per heavy atom. The lowest BCUT2D eigenvalue weighted by Gasteiger charge is -2.48. The van der Waals surface area contributed by atoms with Gasteiger partial charge in [0, 0.05) is 0 Å². The highest BCUT2D eigenvalue weighted by atomic mass is 16.3. The molecule has 2 saturated carbocycles. The topological polar surface area (TPSA) is 66.5 Å². The zero-order chi connectivity index (χ0) is 13.0. The van der Waals surface area contributed by atoms with Crippen molar-refractivity contribution in [2.75, 3.05) is 6.61 Å². The molecular weight excluding hydrogens is 226 g/mol. The molecule has 0 heterocycles. The van der Waals surface area contributed by atoms with E-state index in [-0.39, 0.29) is 6.61 Å². The second-order valence-corrected chi connectivity index (χ2v) is 6.35. The normalized spacial score (nSPS) is 26.2. The summed E-state index contributed by atoms with van der Waals surface area (Å²) in [4.78, 5) is 0. The second kappa shape index (κ2) is 6.36. The van der Waals surface area contributed by atoms with Gasteiger partial charge in [0.2, 0.25) is 0 Å². The van der Waals surface area contributed by atoms with Crippen LogP contribution in [0, 0.1) is 11.8 Å². The van der Waals surface area contributed by atoms with Gasteiger partial charge in [-0.05, 0) is 37.5 Å². The Balaban J connectivity index is 2.14. The van der Waals surface area contributed by atoms with Gasteiger partial charge in [0.25, 0.3) is 0 Å². The maximum Gasteiger partial charge on any atom is 0.0876 e. The Kier molecular flexibility index (Phi) is 5.05. The first-order valence-electron chi connectivity index (χ1n) is 7.78. The third-order valence-corrected chi connectivity index (χ3v) is 5.31. The van der Waals surface area contributed by atoms with E-state index in [2.05, 4.69) is 0 Å². The van der Waals surface area contributed by atoms with Crippen LogP contribution in [-0.2, 0) is 0 Å². The standard InChI is InChI=1S/C15H29NO2/c16-14(11-17)15(18,12-7-3-1-4-8-12)13-9-5-2-6-10-13/h12-14,17-18H,1-11,16H2/t14-/m0/s1. The van der Waals surface area contributed by atoms with Crippen LogP contribution in [0.5, 0.6) is 0 Å². The van der Waals surface area contributed by atoms with Gasteiger partial charge < -0.3 is 15.9 Å². The first-order valence-corrected chi connectivity index (χ1v) is 7.78. The van der Waals surface area contributed by atoms with Gasteiger partial charge in [-0.1, -0.05) is 38.5 Å². The number of hydrogen-bond acceptors (Lipinski definition) is 3. The van der Waals surface area contributed by atoms with Crippen molar-refractivity contribution in [3.63, 3.8) is 0 Å². The molecule has 0 bridgehead atoms. The van der Waals surface area contributed by atoms with Gasteiger partial charge in [-0.2, -0.15) is 0 Å². The van der Waals surface area contributed by atoms with Crippen LogP contribution >= 0.6 is 0 Å². The average Bonchev–Trinajstić information content (AvgIpc) is 2.47. The van der Waals surface area contributed by atoms with Gasteiger partial charge in [0.05, 0.1) is 18.2 Å². The number of aliphatic hydroxyl groups is 2. The quantitative estimate of drug-likeness (QED) is 0.721. The fourth-order valence-corrected chi connectivity index (χ4v) is 4.22. The highest BCUT2D eigenvalue weighted by Gasteiger charge is 2.47. The summed E-state index contributed by atoms with van der Waals surface area (Å²) in [7, 11) is 0. The van der Waals surface area contributed by atoms with Crippen molar-refractivity contribution in [1.82, 2.24) is 0 Å². The molecule has 0 aromatic rings. The van der Waals surface area contributed by atoms with Crippen LogP contribution in [0.1, 0.15) is 64.2 Å². The van der Waals surface area contributed by atoms with Gasteiger partial charge in [-0.3, -0.25) is 0 Å². The number of hydrogen-bond donors (Lipinski definition) is 3. The van der Waals surface area contributed by atoms with E-state index < -0.39 is 11.6 Å². The molecule has 4 N–H and O–H groups in total. The second-order valence-electron chi connectivity index (χ2n) is 6.35. The summed E-state index contributed by atoms with van der Waals surface area (Å²) in [6.45, 7) is -0.0938. The van der Waals surface area contributed by atoms with Gasteiger partial charge in [0.1, 0.15) is 0 Å². The monoisotopic (exact) mass is 255 g/mol. The first-order chi connectivity index (χ1) is 8.69. The Morgan fingerprint density at radius 1 is 0.889 bits per heavy atom. The molecule has 2 rings (SSSR count). The first kappa shape index (κ1) is 14.3. The Bertz CT molecular complexity index is 227. The maximum atomic E-state index is 11.2. The third-order valence-electron chi connectivity index (χ3n) is 5.31. The van der Waals surface area contributed by atoms with Gasteiger partial charge >= 0.3 is 0 Å². The molecule has 1 atom stereocenters. The van der Waals surface area contributed by atoms with Crippen LogP contribution in [0.2, 0.25) is 0 Å². The predicted octanol–water partition coefficient (Wildman–Crippen LogP) is 2.20. The molecule has 2 fully saturated rings. The van der Waals surface area contributed by atoms with E-state index in [1.807, 2.05) is 0 Å². The number of nitrogens with two attached hydrogens (primary N) is 1. The van der Waals surface area contributed by atoms with E-state index in [1.165, 1.54) is 38.5 Å². The summed E-state index contributed by atoms with van der Waals surface area (Å²) in [6.07, 6.45) is 11.7. The highest BCUT2D eigenvalue weighted by molar-refractivity contribution is 5.01. The highest BCUT2D eigenvalue weighted by Crippen LogP contribution is 2.44. The van der Waals surface area contributed by atoms with Crippen LogP contribution in [0.4, 0.5) is 0 Å². The van der Waals surface area contributed by atoms with E-state index in [1.54, 1.807) is 0 Å². The molecule has 0 amide bonds. The molecule has 2 aliphatic rings. The van der Waals surface area contributed by atoms with Crippen molar-refractivity contribution in [3.8, 4) is 0 Å². The van der Waals surface area contributed by atoms with E-state index in [0.29, 0.717) is 11.8 Å². The van der Waals surface area contributed by atoms with Crippen molar-refractivity contribution in [2.24, 2.45) is 17.6 Å². The fraction of sp³-hybridized carbons (Fsp3) is 1.00. The van der Waals surface area contributed by atoms with Gasteiger partial charge in [0.15, 0.2) is 0 Å². The van der Waals surface area contributed by atoms with Crippen molar-refractivity contribution >= 4 is 0 Å². The molecule has 0 radical (unpaired) electrons. The van der Waals surface area contributed by atoms with Crippen LogP contribution in [0.15, 0.2) is 0 Å². The number of rotatable bonds is 4. The largest absolute Gasteiger partial charge is 0.395 e. The summed E-state index contributed by atoms with van der Waals surface area (Å²) < 4.78 is 0. The molecule has 0 unspecified atom stereocenters. The Hall–Kier alpha value is -0.120. The molecule has 106 valence electrons. The zero-order valence-corrected chi connectivity index (χ0v) is 11.5. The van der Waals surface area contributed by atoms with E-state index in [0.717, 1.165) is 25.7 Å². The summed E-state index contributed by atoms with van der Waals surface area (Å²) >= 11 is 0. The van der Waals surface area contributed by atoms with Gasteiger partial charge in [-0.15, -0.1) is 0 Å². The van der Waals surface area contributed by atoms with E-state index >= 15 is 0 Å². The molecule has 0 aromatic carbocycles. The summed E-state index contributed by atoms with van der Waals surface area (Å²) in [5, 5.41) is 20.7. The van der Waals surface area contributed by atoms with Crippen LogP contribution in [0.25, 0.3) is 0 Å². The average molecular weight is 255 g/mol. The summed E-state index contributed by atoms with van der Waals surface area (Å²) in [5.41, 5.74) is 5.29. The minimum Gasteiger partial charge on any atom is -0.395 e. The molecule has 18 heavy (non-hydrogen) atoms. The van der Waals surface area contributed by atoms with Crippen molar-refractivity contribution in [3.05, 3.63) is 0 Å². The smallest absolute Gasteiger partial charge is 0.0876 e. The van der Waals surface area contributed by atoms with Crippen LogP contribution in [0.3, 0.4) is 0 Å². The SMILES string of the molecule is N[C@@H](CO)C(O)(C1CCCCC1)C1CCCCC1.